The smallest absolute Gasteiger partial charge is 0.180 e. The fourth-order valence-electron chi connectivity index (χ4n) is 2.16. The maximum atomic E-state index is 12.6. The third-order valence-corrected chi connectivity index (χ3v) is 5.55. The van der Waals surface area contributed by atoms with Crippen molar-refractivity contribution in [1.82, 2.24) is 9.97 Å². The lowest BCUT2D eigenvalue weighted by molar-refractivity contribution is 0.583. The van der Waals surface area contributed by atoms with E-state index in [1.165, 1.54) is 6.20 Å². The fourth-order valence-corrected chi connectivity index (χ4v) is 4.09. The Morgan fingerprint density at radius 2 is 1.96 bits per heavy atom. The summed E-state index contributed by atoms with van der Waals surface area (Å²) < 4.78 is 25.1. The Labute approximate surface area is 142 Å². The quantitative estimate of drug-likeness (QED) is 0.853. The van der Waals surface area contributed by atoms with Crippen LogP contribution in [0.3, 0.4) is 0 Å². The average molecular weight is 354 g/mol. The Morgan fingerprint density at radius 1 is 1.26 bits per heavy atom. The van der Waals surface area contributed by atoms with Crippen molar-refractivity contribution in [2.24, 2.45) is 5.92 Å². The van der Waals surface area contributed by atoms with Crippen LogP contribution in [0.15, 0.2) is 35.4 Å². The molecule has 0 saturated carbocycles. The Morgan fingerprint density at radius 3 is 2.61 bits per heavy atom. The van der Waals surface area contributed by atoms with E-state index in [0.717, 1.165) is 0 Å². The van der Waals surface area contributed by atoms with E-state index in [0.29, 0.717) is 28.8 Å². The summed E-state index contributed by atoms with van der Waals surface area (Å²) in [6, 6.07) is 6.77. The summed E-state index contributed by atoms with van der Waals surface area (Å²) >= 11 is 6.12. The molecule has 0 aliphatic carbocycles. The number of hydrogen-bond donors (Lipinski definition) is 1. The predicted octanol–water partition coefficient (Wildman–Crippen LogP) is 3.87. The molecule has 2 rings (SSSR count). The largest absolute Gasteiger partial charge is 0.338 e. The highest BCUT2D eigenvalue weighted by atomic mass is 35.5. The van der Waals surface area contributed by atoms with Crippen molar-refractivity contribution in [2.75, 3.05) is 11.1 Å². The molecule has 0 fully saturated rings. The van der Waals surface area contributed by atoms with Gasteiger partial charge in [-0.1, -0.05) is 44.5 Å². The molecular formula is C16H20ClN3O2S. The lowest BCUT2D eigenvalue weighted by atomic mass is 10.3. The van der Waals surface area contributed by atoms with Gasteiger partial charge in [0.2, 0.25) is 0 Å². The summed E-state index contributed by atoms with van der Waals surface area (Å²) in [4.78, 5) is 8.68. The Hall–Kier alpha value is -1.66. The van der Waals surface area contributed by atoms with Gasteiger partial charge in [-0.3, -0.25) is 0 Å². The van der Waals surface area contributed by atoms with Crippen LogP contribution in [-0.2, 0) is 16.3 Å². The normalized spacial score (nSPS) is 11.7. The lowest BCUT2D eigenvalue weighted by Gasteiger charge is -2.14. The fraction of sp³-hybridized carbons (Fsp3) is 0.375. The second-order valence-corrected chi connectivity index (χ2v) is 8.04. The topological polar surface area (TPSA) is 72.0 Å². The minimum absolute atomic E-state index is 0.0439. The first-order chi connectivity index (χ1) is 10.8. The summed E-state index contributed by atoms with van der Waals surface area (Å²) in [5.41, 5.74) is 0.468. The van der Waals surface area contributed by atoms with Crippen LogP contribution >= 0.6 is 11.6 Å². The van der Waals surface area contributed by atoms with Gasteiger partial charge in [0.25, 0.3) is 0 Å². The summed E-state index contributed by atoms with van der Waals surface area (Å²) in [5, 5.41) is 3.38. The molecule has 0 atom stereocenters. The van der Waals surface area contributed by atoms with Gasteiger partial charge in [0.05, 0.1) is 22.5 Å². The van der Waals surface area contributed by atoms with E-state index in [-0.39, 0.29) is 16.6 Å². The number of hydrogen-bond acceptors (Lipinski definition) is 5. The highest BCUT2D eigenvalue weighted by molar-refractivity contribution is 7.91. The average Bonchev–Trinajstić information content (AvgIpc) is 2.48. The second-order valence-electron chi connectivity index (χ2n) is 5.63. The molecule has 0 bridgehead atoms. The zero-order valence-electron chi connectivity index (χ0n) is 13.4. The molecule has 2 aromatic rings. The molecule has 5 nitrogen and oxygen atoms in total. The molecule has 1 N–H and O–H groups in total. The van der Waals surface area contributed by atoms with Crippen LogP contribution in [-0.4, -0.2) is 24.1 Å². The van der Waals surface area contributed by atoms with Crippen LogP contribution < -0.4 is 5.32 Å². The van der Waals surface area contributed by atoms with Gasteiger partial charge in [0.15, 0.2) is 15.7 Å². The number of aryl methyl sites for hydroxylation is 1. The molecule has 1 heterocycles. The van der Waals surface area contributed by atoms with E-state index in [1.807, 2.05) is 20.8 Å². The number of benzene rings is 1. The van der Waals surface area contributed by atoms with Gasteiger partial charge in [0, 0.05) is 6.42 Å². The number of halogens is 1. The summed E-state index contributed by atoms with van der Waals surface area (Å²) in [7, 11) is -3.39. The number of anilines is 2. The first-order valence-electron chi connectivity index (χ1n) is 7.43. The Balaban J connectivity index is 2.42. The van der Waals surface area contributed by atoms with E-state index < -0.39 is 9.84 Å². The van der Waals surface area contributed by atoms with Crippen LogP contribution in [0.25, 0.3) is 0 Å². The number of nitrogens with one attached hydrogen (secondary N) is 1. The molecule has 124 valence electrons. The first-order valence-corrected chi connectivity index (χ1v) is 9.46. The van der Waals surface area contributed by atoms with E-state index in [1.54, 1.807) is 24.3 Å². The van der Waals surface area contributed by atoms with Crippen LogP contribution in [0.5, 0.6) is 0 Å². The van der Waals surface area contributed by atoms with Crippen molar-refractivity contribution in [3.63, 3.8) is 0 Å². The Kier molecular flexibility index (Phi) is 5.59. The monoisotopic (exact) mass is 353 g/mol. The maximum Gasteiger partial charge on any atom is 0.180 e. The third kappa shape index (κ3) is 4.42. The number of nitrogens with zero attached hydrogens (tertiary/aromatic N) is 2. The van der Waals surface area contributed by atoms with Crippen molar-refractivity contribution < 1.29 is 8.42 Å². The molecule has 1 aromatic carbocycles. The number of sulfone groups is 1. The molecule has 0 unspecified atom stereocenters. The van der Waals surface area contributed by atoms with Gasteiger partial charge in [-0.2, -0.15) is 0 Å². The SMILES string of the molecule is CCc1ncc(Cl)c(Nc2ccccc2S(=O)(=O)CC(C)C)n1. The molecule has 0 amide bonds. The molecule has 0 radical (unpaired) electrons. The van der Waals surface area contributed by atoms with Gasteiger partial charge < -0.3 is 5.32 Å². The van der Waals surface area contributed by atoms with Crippen molar-refractivity contribution in [3.05, 3.63) is 41.3 Å². The predicted molar refractivity (Wildman–Crippen MR) is 93.0 cm³/mol. The molecule has 23 heavy (non-hydrogen) atoms. The van der Waals surface area contributed by atoms with Gasteiger partial charge >= 0.3 is 0 Å². The number of para-hydroxylation sites is 1. The van der Waals surface area contributed by atoms with Crippen molar-refractivity contribution in [2.45, 2.75) is 32.1 Å². The van der Waals surface area contributed by atoms with E-state index in [9.17, 15) is 8.42 Å². The van der Waals surface area contributed by atoms with Gasteiger partial charge in [-0.15, -0.1) is 0 Å². The van der Waals surface area contributed by atoms with Crippen molar-refractivity contribution in [1.29, 1.82) is 0 Å². The van der Waals surface area contributed by atoms with Gasteiger partial charge in [0.1, 0.15) is 10.8 Å². The van der Waals surface area contributed by atoms with Gasteiger partial charge in [-0.05, 0) is 18.1 Å². The van der Waals surface area contributed by atoms with Crippen LogP contribution in [0.1, 0.15) is 26.6 Å². The van der Waals surface area contributed by atoms with E-state index in [4.69, 9.17) is 11.6 Å². The molecule has 0 aliphatic rings. The molecule has 1 aromatic heterocycles. The van der Waals surface area contributed by atoms with Crippen molar-refractivity contribution >= 4 is 32.9 Å². The number of rotatable bonds is 6. The summed E-state index contributed by atoms with van der Waals surface area (Å²) in [5.74, 6) is 1.18. The zero-order valence-corrected chi connectivity index (χ0v) is 14.9. The zero-order chi connectivity index (χ0) is 17.0. The number of aromatic nitrogens is 2. The molecule has 0 aliphatic heterocycles. The summed E-state index contributed by atoms with van der Waals surface area (Å²) in [6.07, 6.45) is 2.18. The standard InChI is InChI=1S/C16H20ClN3O2S/c1-4-15-18-9-12(17)16(20-15)19-13-7-5-6-8-14(13)23(21,22)10-11(2)3/h5-9,11H,4,10H2,1-3H3,(H,18,19,20). The molecule has 7 heteroatoms. The first kappa shape index (κ1) is 17.7. The minimum atomic E-state index is -3.39. The van der Waals surface area contributed by atoms with Crippen LogP contribution in [0.2, 0.25) is 5.02 Å². The van der Waals surface area contributed by atoms with Crippen LogP contribution in [0.4, 0.5) is 11.5 Å². The van der Waals surface area contributed by atoms with E-state index in [2.05, 4.69) is 15.3 Å². The highest BCUT2D eigenvalue weighted by Gasteiger charge is 2.20. The Bertz CT molecular complexity index is 792. The summed E-state index contributed by atoms with van der Waals surface area (Å²) in [6.45, 7) is 5.69. The molecule has 0 saturated heterocycles. The van der Waals surface area contributed by atoms with Crippen LogP contribution in [0, 0.1) is 5.92 Å². The molecule has 0 spiro atoms. The molecular weight excluding hydrogens is 334 g/mol. The maximum absolute atomic E-state index is 12.6. The lowest BCUT2D eigenvalue weighted by Crippen LogP contribution is -2.14. The minimum Gasteiger partial charge on any atom is -0.338 e. The van der Waals surface area contributed by atoms with Gasteiger partial charge in [-0.25, -0.2) is 18.4 Å². The second kappa shape index (κ2) is 7.27. The third-order valence-electron chi connectivity index (χ3n) is 3.14. The van der Waals surface area contributed by atoms with Crippen molar-refractivity contribution in [3.8, 4) is 0 Å². The van der Waals surface area contributed by atoms with E-state index >= 15 is 0 Å². The highest BCUT2D eigenvalue weighted by Crippen LogP contribution is 2.28.